The lowest BCUT2D eigenvalue weighted by Gasteiger charge is -2.04. The zero-order valence-electron chi connectivity index (χ0n) is 25.1. The van der Waals surface area contributed by atoms with E-state index >= 15 is 0 Å². The molecule has 0 aliphatic carbocycles. The molecule has 5 aromatic carbocycles. The van der Waals surface area contributed by atoms with Crippen molar-refractivity contribution in [3.05, 3.63) is 133 Å². The first kappa shape index (κ1) is 28.5. The first-order chi connectivity index (χ1) is 22.6. The van der Waals surface area contributed by atoms with E-state index < -0.39 is 0 Å². The van der Waals surface area contributed by atoms with Crippen LogP contribution in [0.25, 0.3) is 56.8 Å². The summed E-state index contributed by atoms with van der Waals surface area (Å²) in [5, 5.41) is 22.2. The van der Waals surface area contributed by atoms with E-state index in [0.29, 0.717) is 34.7 Å². The summed E-state index contributed by atoms with van der Waals surface area (Å²) in [7, 11) is 3.23. The number of benzene rings is 5. The molecule has 0 atom stereocenters. The number of hydrogen-bond acceptors (Lipinski definition) is 6. The maximum absolute atomic E-state index is 11.1. The summed E-state index contributed by atoms with van der Waals surface area (Å²) in [6.45, 7) is 0. The van der Waals surface area contributed by atoms with Gasteiger partial charge in [-0.25, -0.2) is 0 Å². The van der Waals surface area contributed by atoms with E-state index in [9.17, 15) is 10.2 Å². The van der Waals surface area contributed by atoms with Crippen molar-refractivity contribution >= 4 is 0 Å². The minimum Gasteiger partial charge on any atom is -0.497 e. The number of aromatic nitrogens is 2. The van der Waals surface area contributed by atoms with Crippen LogP contribution in [0.1, 0.15) is 0 Å². The van der Waals surface area contributed by atoms with Gasteiger partial charge in [0.1, 0.15) is 11.5 Å². The largest absolute Gasteiger partial charge is 0.497 e. The second-order valence-electron chi connectivity index (χ2n) is 10.5. The highest BCUT2D eigenvalue weighted by Crippen LogP contribution is 2.36. The van der Waals surface area contributed by atoms with Crippen LogP contribution in [0.5, 0.6) is 23.4 Å². The van der Waals surface area contributed by atoms with Gasteiger partial charge < -0.3 is 28.5 Å². The molecule has 226 valence electrons. The summed E-state index contributed by atoms with van der Waals surface area (Å²) in [6.07, 6.45) is 0. The summed E-state index contributed by atoms with van der Waals surface area (Å²) >= 11 is 0. The van der Waals surface area contributed by atoms with E-state index in [-0.39, 0.29) is 11.9 Å². The molecule has 0 aliphatic heterocycles. The van der Waals surface area contributed by atoms with Crippen LogP contribution in [-0.4, -0.2) is 24.4 Å². The van der Waals surface area contributed by atoms with Gasteiger partial charge in [0.05, 0.1) is 36.5 Å². The fourth-order valence-electron chi connectivity index (χ4n) is 5.55. The molecular formula is C38H30N2O6+2. The van der Waals surface area contributed by atoms with Crippen molar-refractivity contribution in [1.82, 2.24) is 0 Å². The first-order valence-electron chi connectivity index (χ1n) is 14.6. The number of ether oxygens (including phenoxy) is 2. The summed E-state index contributed by atoms with van der Waals surface area (Å²) in [5.41, 5.74) is 5.60. The van der Waals surface area contributed by atoms with Crippen molar-refractivity contribution in [2.24, 2.45) is 0 Å². The van der Waals surface area contributed by atoms with Crippen molar-refractivity contribution in [2.75, 3.05) is 14.2 Å². The molecule has 0 unspecified atom stereocenters. The van der Waals surface area contributed by atoms with Crippen molar-refractivity contribution in [3.8, 4) is 80.2 Å². The molecule has 0 spiro atoms. The lowest BCUT2D eigenvalue weighted by molar-refractivity contribution is -0.579. The monoisotopic (exact) mass is 610 g/mol. The summed E-state index contributed by atoms with van der Waals surface area (Å²) in [6, 6.07) is 41.8. The van der Waals surface area contributed by atoms with Crippen LogP contribution in [0.3, 0.4) is 0 Å². The van der Waals surface area contributed by atoms with Crippen molar-refractivity contribution in [2.45, 2.75) is 0 Å². The van der Waals surface area contributed by atoms with Gasteiger partial charge in [-0.15, -0.1) is 9.13 Å². The van der Waals surface area contributed by atoms with E-state index in [1.807, 2.05) is 143 Å². The van der Waals surface area contributed by atoms with Gasteiger partial charge >= 0.3 is 35.1 Å². The Bertz CT molecular complexity index is 1950. The first-order valence-corrected chi connectivity index (χ1v) is 14.6. The molecule has 7 aromatic rings. The van der Waals surface area contributed by atoms with Crippen LogP contribution in [-0.2, 0) is 0 Å². The number of methoxy groups -OCH3 is 2. The Morgan fingerprint density at radius 3 is 1.11 bits per heavy atom. The van der Waals surface area contributed by atoms with Gasteiger partial charge in [0.15, 0.2) is 0 Å². The predicted octanol–water partition coefficient (Wildman–Crippen LogP) is 7.52. The number of rotatable bonds is 8. The van der Waals surface area contributed by atoms with Crippen LogP contribution in [0, 0.1) is 0 Å². The fourth-order valence-corrected chi connectivity index (χ4v) is 5.55. The van der Waals surface area contributed by atoms with Crippen molar-refractivity contribution in [1.29, 1.82) is 0 Å². The fraction of sp³-hybridized carbons (Fsp3) is 0.0526. The van der Waals surface area contributed by atoms with Crippen LogP contribution in [0.4, 0.5) is 0 Å². The molecule has 46 heavy (non-hydrogen) atoms. The smallest absolute Gasteiger partial charge is 0.390 e. The minimum absolute atomic E-state index is 0.205. The molecule has 2 heterocycles. The van der Waals surface area contributed by atoms with Gasteiger partial charge in [0, 0.05) is 24.3 Å². The van der Waals surface area contributed by atoms with Crippen LogP contribution in [0.15, 0.2) is 142 Å². The number of hydrogen-bond donors (Lipinski definition) is 2. The highest BCUT2D eigenvalue weighted by atomic mass is 16.5. The Labute approximate surface area is 265 Å². The van der Waals surface area contributed by atoms with E-state index in [4.69, 9.17) is 18.3 Å². The molecule has 8 heteroatoms. The number of oxazole rings is 2. The molecule has 0 bridgehead atoms. The predicted molar refractivity (Wildman–Crippen MR) is 172 cm³/mol. The van der Waals surface area contributed by atoms with Gasteiger partial charge in [-0.2, -0.15) is 0 Å². The number of nitrogens with zero attached hydrogens (tertiary/aromatic N) is 2. The van der Waals surface area contributed by atoms with Gasteiger partial charge in [0.2, 0.25) is 11.4 Å². The topological polar surface area (TPSA) is 93.0 Å². The second kappa shape index (κ2) is 12.0. The molecule has 7 rings (SSSR count). The van der Waals surface area contributed by atoms with Gasteiger partial charge in [-0.05, 0) is 72.8 Å². The van der Waals surface area contributed by atoms with Gasteiger partial charge in [-0.1, -0.05) is 36.4 Å². The third-order valence-corrected chi connectivity index (χ3v) is 7.78. The minimum atomic E-state index is -0.205. The van der Waals surface area contributed by atoms with E-state index in [2.05, 4.69) is 0 Å². The Balaban J connectivity index is 1.40. The second-order valence-corrected chi connectivity index (χ2v) is 10.5. The third-order valence-electron chi connectivity index (χ3n) is 7.78. The molecule has 0 radical (unpaired) electrons. The Morgan fingerprint density at radius 2 is 0.783 bits per heavy atom. The number of aromatic hydroxyl groups is 2. The van der Waals surface area contributed by atoms with E-state index in [1.54, 1.807) is 14.2 Å². The van der Waals surface area contributed by atoms with Crippen molar-refractivity contribution in [3.63, 3.8) is 0 Å². The van der Waals surface area contributed by atoms with Crippen LogP contribution in [0.2, 0.25) is 0 Å². The Kier molecular flexibility index (Phi) is 7.44. The highest BCUT2D eigenvalue weighted by Gasteiger charge is 2.36. The molecular weight excluding hydrogens is 580 g/mol. The van der Waals surface area contributed by atoms with Crippen LogP contribution >= 0.6 is 0 Å². The third kappa shape index (κ3) is 5.11. The summed E-state index contributed by atoms with van der Waals surface area (Å²) in [4.78, 5) is 0. The van der Waals surface area contributed by atoms with Gasteiger partial charge in [-0.3, -0.25) is 0 Å². The summed E-state index contributed by atoms with van der Waals surface area (Å²) in [5.74, 6) is 1.90. The molecule has 8 nitrogen and oxygen atoms in total. The van der Waals surface area contributed by atoms with E-state index in [1.165, 1.54) is 0 Å². The summed E-state index contributed by atoms with van der Waals surface area (Å²) < 4.78 is 26.5. The molecule has 0 aliphatic rings. The average molecular weight is 611 g/mol. The Hall–Kier alpha value is -6.28. The standard InChI is InChI=1S/C38H28N2O6/c1-43-31-21-13-27(14-22-31)35-39(33(37(41)45-35)25-9-5-3-6-10-25)29-17-19-30(20-18-29)40-34(26-11-7-4-8-12-26)38(42)46-36(40)28-15-23-32(44-2)24-16-28/h3-24H,1-2H3/p+2. The molecule has 0 saturated heterocycles. The maximum Gasteiger partial charge on any atom is 0.390 e. The SMILES string of the molecule is COc1ccc(-c2oc(O)c(-c3ccccc3)[n+]2-c2ccc(-[n+]3c(-c4ccc(OC)cc4)oc(O)c3-c3ccccc3)cc2)cc1. The zero-order valence-corrected chi connectivity index (χ0v) is 25.1. The molecule has 2 N–H and O–H groups in total. The maximum atomic E-state index is 11.1. The van der Waals surface area contributed by atoms with Gasteiger partial charge in [0.25, 0.3) is 0 Å². The highest BCUT2D eigenvalue weighted by molar-refractivity contribution is 5.66. The Morgan fingerprint density at radius 1 is 0.435 bits per heavy atom. The zero-order chi connectivity index (χ0) is 31.6. The lowest BCUT2D eigenvalue weighted by atomic mass is 10.1. The van der Waals surface area contributed by atoms with E-state index in [0.717, 1.165) is 33.6 Å². The molecule has 0 saturated carbocycles. The molecule has 2 aromatic heterocycles. The normalized spacial score (nSPS) is 11.0. The molecule has 0 fully saturated rings. The lowest BCUT2D eigenvalue weighted by Crippen LogP contribution is -2.35. The van der Waals surface area contributed by atoms with Crippen LogP contribution < -0.4 is 18.6 Å². The van der Waals surface area contributed by atoms with Crippen molar-refractivity contribution < 1.29 is 37.7 Å². The quantitative estimate of drug-likeness (QED) is 0.173. The molecule has 0 amide bonds. The average Bonchev–Trinajstić information content (AvgIpc) is 3.65.